The Morgan fingerprint density at radius 3 is 2.53 bits per heavy atom. The molecule has 2 fully saturated rings. The lowest BCUT2D eigenvalue weighted by molar-refractivity contribution is 0.0668. The quantitative estimate of drug-likeness (QED) is 0.661. The predicted molar refractivity (Wildman–Crippen MR) is 54.0 cm³/mol. The number of ether oxygens (including phenoxy) is 1. The molecule has 0 N–H and O–H groups in total. The van der Waals surface area contributed by atoms with Crippen LogP contribution in [0.3, 0.4) is 0 Å². The first kappa shape index (κ1) is 10.3. The van der Waals surface area contributed by atoms with Crippen LogP contribution >= 0.6 is 0 Å². The molecule has 82 valence electrons. The summed E-state index contributed by atoms with van der Waals surface area (Å²) in [7, 11) is 0. The number of fused-ring (bicyclic) bond motifs is 2. The first-order chi connectivity index (χ1) is 7.26. The Kier molecular flexibility index (Phi) is 2.81. The highest BCUT2D eigenvalue weighted by Crippen LogP contribution is 2.38. The Labute approximate surface area is 89.8 Å². The number of carbonyl (C=O) groups is 1. The molecular weight excluding hydrogens is 192 g/mol. The summed E-state index contributed by atoms with van der Waals surface area (Å²) < 4.78 is 5.04. The van der Waals surface area contributed by atoms with Gasteiger partial charge >= 0.3 is 6.09 Å². The molecule has 2 unspecified atom stereocenters. The summed E-state index contributed by atoms with van der Waals surface area (Å²) in [6.07, 6.45) is 3.52. The minimum absolute atomic E-state index is 0.133. The van der Waals surface area contributed by atoms with Crippen LogP contribution in [0, 0.1) is 17.2 Å². The van der Waals surface area contributed by atoms with E-state index < -0.39 is 0 Å². The van der Waals surface area contributed by atoms with Gasteiger partial charge in [-0.05, 0) is 32.6 Å². The molecule has 0 spiro atoms. The van der Waals surface area contributed by atoms with E-state index in [-0.39, 0.29) is 24.1 Å². The predicted octanol–water partition coefficient (Wildman–Crippen LogP) is 1.91. The molecule has 2 rings (SSSR count). The molecule has 1 amide bonds. The van der Waals surface area contributed by atoms with Gasteiger partial charge in [0.25, 0.3) is 0 Å². The Morgan fingerprint density at radius 1 is 1.47 bits per heavy atom. The molecule has 2 aliphatic heterocycles. The molecule has 2 aliphatic rings. The summed E-state index contributed by atoms with van der Waals surface area (Å²) in [4.78, 5) is 13.5. The van der Waals surface area contributed by atoms with E-state index in [1.165, 1.54) is 0 Å². The third-order valence-electron chi connectivity index (χ3n) is 3.39. The van der Waals surface area contributed by atoms with Crippen molar-refractivity contribution in [3.63, 3.8) is 0 Å². The zero-order valence-electron chi connectivity index (χ0n) is 8.98. The van der Waals surface area contributed by atoms with Gasteiger partial charge in [0.2, 0.25) is 0 Å². The maximum Gasteiger partial charge on any atom is 0.410 e. The van der Waals surface area contributed by atoms with Crippen LogP contribution in [0.25, 0.3) is 0 Å². The molecule has 15 heavy (non-hydrogen) atoms. The van der Waals surface area contributed by atoms with E-state index in [1.54, 1.807) is 0 Å². The Balaban J connectivity index is 2.05. The van der Waals surface area contributed by atoms with Crippen molar-refractivity contribution in [3.8, 4) is 6.07 Å². The molecule has 0 aliphatic carbocycles. The van der Waals surface area contributed by atoms with Gasteiger partial charge in [-0.3, -0.25) is 0 Å². The minimum Gasteiger partial charge on any atom is -0.450 e. The molecule has 2 heterocycles. The summed E-state index contributed by atoms with van der Waals surface area (Å²) in [5.74, 6) is 0.133. The highest BCUT2D eigenvalue weighted by molar-refractivity contribution is 5.69. The van der Waals surface area contributed by atoms with Crippen LogP contribution in [0.15, 0.2) is 0 Å². The van der Waals surface area contributed by atoms with Gasteiger partial charge < -0.3 is 9.64 Å². The van der Waals surface area contributed by atoms with Crippen molar-refractivity contribution in [3.05, 3.63) is 0 Å². The highest BCUT2D eigenvalue weighted by atomic mass is 16.6. The molecule has 2 atom stereocenters. The number of carbonyl (C=O) groups excluding carboxylic acids is 1. The largest absolute Gasteiger partial charge is 0.450 e. The lowest BCUT2D eigenvalue weighted by Crippen LogP contribution is -2.46. The van der Waals surface area contributed by atoms with Crippen molar-refractivity contribution in [1.82, 2.24) is 4.90 Å². The summed E-state index contributed by atoms with van der Waals surface area (Å²) in [5.41, 5.74) is 0. The molecule has 0 aromatic rings. The van der Waals surface area contributed by atoms with E-state index in [1.807, 2.05) is 11.8 Å². The molecule has 2 saturated heterocycles. The summed E-state index contributed by atoms with van der Waals surface area (Å²) in [6.45, 7) is 2.25. The molecule has 0 aromatic carbocycles. The fourth-order valence-corrected chi connectivity index (χ4v) is 2.78. The second-order valence-electron chi connectivity index (χ2n) is 4.29. The SMILES string of the molecule is CCOC(=O)N1C2CCC1CC(C#N)C2. The summed E-state index contributed by atoms with van der Waals surface area (Å²) in [5, 5.41) is 8.90. The van der Waals surface area contributed by atoms with Crippen LogP contribution in [-0.4, -0.2) is 29.7 Å². The number of nitriles is 1. The van der Waals surface area contributed by atoms with Gasteiger partial charge in [0.05, 0.1) is 18.6 Å². The first-order valence-corrected chi connectivity index (χ1v) is 5.61. The number of amides is 1. The summed E-state index contributed by atoms with van der Waals surface area (Å²) >= 11 is 0. The number of rotatable bonds is 1. The lowest BCUT2D eigenvalue weighted by atomic mass is 9.92. The van der Waals surface area contributed by atoms with Crippen LogP contribution in [0.2, 0.25) is 0 Å². The van der Waals surface area contributed by atoms with Crippen LogP contribution in [0.5, 0.6) is 0 Å². The zero-order valence-corrected chi connectivity index (χ0v) is 8.98. The maximum absolute atomic E-state index is 11.7. The molecular formula is C11H16N2O2. The van der Waals surface area contributed by atoms with E-state index in [0.717, 1.165) is 25.7 Å². The van der Waals surface area contributed by atoms with Crippen LogP contribution < -0.4 is 0 Å². The van der Waals surface area contributed by atoms with Crippen LogP contribution in [0.1, 0.15) is 32.6 Å². The smallest absolute Gasteiger partial charge is 0.410 e. The van der Waals surface area contributed by atoms with Gasteiger partial charge in [-0.2, -0.15) is 5.26 Å². The van der Waals surface area contributed by atoms with Crippen molar-refractivity contribution in [2.24, 2.45) is 5.92 Å². The number of nitrogens with zero attached hydrogens (tertiary/aromatic N) is 2. The van der Waals surface area contributed by atoms with E-state index in [0.29, 0.717) is 6.61 Å². The number of piperidine rings is 1. The maximum atomic E-state index is 11.7. The molecule has 4 heteroatoms. The average molecular weight is 208 g/mol. The molecule has 0 radical (unpaired) electrons. The number of hydrogen-bond donors (Lipinski definition) is 0. The van der Waals surface area contributed by atoms with E-state index in [2.05, 4.69) is 6.07 Å². The van der Waals surface area contributed by atoms with Crippen molar-refractivity contribution in [1.29, 1.82) is 5.26 Å². The van der Waals surface area contributed by atoms with Crippen LogP contribution in [-0.2, 0) is 4.74 Å². The fourth-order valence-electron chi connectivity index (χ4n) is 2.78. The third kappa shape index (κ3) is 1.79. The second-order valence-corrected chi connectivity index (χ2v) is 4.29. The van der Waals surface area contributed by atoms with E-state index >= 15 is 0 Å². The molecule has 4 nitrogen and oxygen atoms in total. The summed E-state index contributed by atoms with van der Waals surface area (Å²) in [6, 6.07) is 2.80. The lowest BCUT2D eigenvalue weighted by Gasteiger charge is -2.35. The van der Waals surface area contributed by atoms with Gasteiger partial charge in [0.1, 0.15) is 0 Å². The Bertz CT molecular complexity index is 283. The van der Waals surface area contributed by atoms with E-state index in [9.17, 15) is 4.79 Å². The van der Waals surface area contributed by atoms with Gasteiger partial charge in [-0.1, -0.05) is 0 Å². The Morgan fingerprint density at radius 2 is 2.07 bits per heavy atom. The monoisotopic (exact) mass is 208 g/mol. The minimum atomic E-state index is -0.193. The van der Waals surface area contributed by atoms with Crippen molar-refractivity contribution < 1.29 is 9.53 Å². The molecule has 2 bridgehead atoms. The molecule has 0 saturated carbocycles. The van der Waals surface area contributed by atoms with E-state index in [4.69, 9.17) is 10.00 Å². The molecule has 0 aromatic heterocycles. The topological polar surface area (TPSA) is 53.3 Å². The Hall–Kier alpha value is -1.24. The fraction of sp³-hybridized carbons (Fsp3) is 0.818. The van der Waals surface area contributed by atoms with Gasteiger partial charge in [0.15, 0.2) is 0 Å². The normalized spacial score (nSPS) is 33.6. The van der Waals surface area contributed by atoms with Crippen molar-refractivity contribution >= 4 is 6.09 Å². The third-order valence-corrected chi connectivity index (χ3v) is 3.39. The van der Waals surface area contributed by atoms with Crippen LogP contribution in [0.4, 0.5) is 4.79 Å². The van der Waals surface area contributed by atoms with Gasteiger partial charge in [-0.15, -0.1) is 0 Å². The zero-order chi connectivity index (χ0) is 10.8. The van der Waals surface area contributed by atoms with Gasteiger partial charge in [0, 0.05) is 12.1 Å². The van der Waals surface area contributed by atoms with Gasteiger partial charge in [-0.25, -0.2) is 4.79 Å². The van der Waals surface area contributed by atoms with Crippen molar-refractivity contribution in [2.75, 3.05) is 6.61 Å². The van der Waals surface area contributed by atoms with Crippen molar-refractivity contribution in [2.45, 2.75) is 44.7 Å². The standard InChI is InChI=1S/C11H16N2O2/c1-2-15-11(14)13-9-3-4-10(13)6-8(5-9)7-12/h8-10H,2-6H2,1H3. The average Bonchev–Trinajstić information content (AvgIpc) is 2.50. The number of hydrogen-bond acceptors (Lipinski definition) is 3. The highest BCUT2D eigenvalue weighted by Gasteiger charge is 2.43. The first-order valence-electron chi connectivity index (χ1n) is 5.61. The second kappa shape index (κ2) is 4.09.